The predicted molar refractivity (Wildman–Crippen MR) is 62.1 cm³/mol. The Hall–Kier alpha value is -1.36. The van der Waals surface area contributed by atoms with Crippen molar-refractivity contribution in [1.82, 2.24) is 9.97 Å². The molecule has 2 N–H and O–H groups in total. The largest absolute Gasteiger partial charge is 0.481 e. The number of H-pyrrole nitrogens is 1. The number of nitrogens with one attached hydrogen (secondary N) is 1. The standard InChI is InChI=1S/C12H18N2O3/c1-2-17-7-6-10-13-9-5-3-4-8(12(15)16)11(9)14-10/h8H,2-7H2,1H3,(H,13,14)(H,15,16). The molecule has 1 atom stereocenters. The fourth-order valence-electron chi connectivity index (χ4n) is 2.25. The van der Waals surface area contributed by atoms with Gasteiger partial charge in [-0.1, -0.05) is 0 Å². The average Bonchev–Trinajstić information content (AvgIpc) is 2.71. The van der Waals surface area contributed by atoms with Crippen molar-refractivity contribution in [1.29, 1.82) is 0 Å². The first-order chi connectivity index (χ1) is 8.22. The van der Waals surface area contributed by atoms with Crippen molar-refractivity contribution in [2.75, 3.05) is 13.2 Å². The minimum absolute atomic E-state index is 0.434. The summed E-state index contributed by atoms with van der Waals surface area (Å²) in [7, 11) is 0. The number of aromatic amines is 1. The molecule has 0 radical (unpaired) electrons. The molecule has 94 valence electrons. The van der Waals surface area contributed by atoms with Crippen LogP contribution in [-0.4, -0.2) is 34.3 Å². The van der Waals surface area contributed by atoms with Gasteiger partial charge in [-0.05, 0) is 26.2 Å². The average molecular weight is 238 g/mol. The number of aryl methyl sites for hydroxylation is 1. The van der Waals surface area contributed by atoms with Crippen LogP contribution in [0.3, 0.4) is 0 Å². The number of aliphatic carboxylic acids is 1. The monoisotopic (exact) mass is 238 g/mol. The third-order valence-corrected chi connectivity index (χ3v) is 3.09. The number of nitrogens with zero attached hydrogens (tertiary/aromatic N) is 1. The van der Waals surface area contributed by atoms with Crippen LogP contribution in [0.15, 0.2) is 0 Å². The molecule has 0 aromatic carbocycles. The van der Waals surface area contributed by atoms with E-state index in [1.54, 1.807) is 0 Å². The van der Waals surface area contributed by atoms with Crippen LogP contribution in [0.1, 0.15) is 42.9 Å². The van der Waals surface area contributed by atoms with E-state index in [1.165, 1.54) is 0 Å². The molecule has 1 unspecified atom stereocenters. The SMILES string of the molecule is CCOCCc1nc2c([nH]1)CCCC2C(=O)O. The Morgan fingerprint density at radius 3 is 3.18 bits per heavy atom. The maximum absolute atomic E-state index is 11.1. The second kappa shape index (κ2) is 5.31. The summed E-state index contributed by atoms with van der Waals surface area (Å²) in [4.78, 5) is 18.7. The lowest BCUT2D eigenvalue weighted by atomic mass is 9.90. The van der Waals surface area contributed by atoms with Gasteiger partial charge in [-0.15, -0.1) is 0 Å². The summed E-state index contributed by atoms with van der Waals surface area (Å²) in [6, 6.07) is 0. The molecule has 0 saturated carbocycles. The molecule has 0 fully saturated rings. The molecule has 0 amide bonds. The Balaban J connectivity index is 2.10. The van der Waals surface area contributed by atoms with Crippen LogP contribution >= 0.6 is 0 Å². The summed E-state index contributed by atoms with van der Waals surface area (Å²) >= 11 is 0. The topological polar surface area (TPSA) is 75.2 Å². The molecule has 5 nitrogen and oxygen atoms in total. The molecular formula is C12H18N2O3. The van der Waals surface area contributed by atoms with E-state index in [2.05, 4.69) is 9.97 Å². The lowest BCUT2D eigenvalue weighted by molar-refractivity contribution is -0.139. The lowest BCUT2D eigenvalue weighted by Gasteiger charge is -2.16. The fourth-order valence-corrected chi connectivity index (χ4v) is 2.25. The van der Waals surface area contributed by atoms with Gasteiger partial charge in [-0.2, -0.15) is 0 Å². The van der Waals surface area contributed by atoms with Gasteiger partial charge in [0.1, 0.15) is 11.7 Å². The van der Waals surface area contributed by atoms with Gasteiger partial charge >= 0.3 is 5.97 Å². The van der Waals surface area contributed by atoms with E-state index < -0.39 is 11.9 Å². The third-order valence-electron chi connectivity index (χ3n) is 3.09. The Morgan fingerprint density at radius 1 is 1.65 bits per heavy atom. The Bertz CT molecular complexity index is 400. The summed E-state index contributed by atoms with van der Waals surface area (Å²) in [6.45, 7) is 3.27. The first-order valence-corrected chi connectivity index (χ1v) is 6.10. The number of fused-ring (bicyclic) bond motifs is 1. The summed E-state index contributed by atoms with van der Waals surface area (Å²) in [6.07, 6.45) is 3.23. The molecule has 1 aliphatic carbocycles. The maximum Gasteiger partial charge on any atom is 0.312 e. The first-order valence-electron chi connectivity index (χ1n) is 6.10. The van der Waals surface area contributed by atoms with Gasteiger partial charge in [-0.25, -0.2) is 4.98 Å². The molecule has 1 aromatic heterocycles. The third kappa shape index (κ3) is 2.66. The van der Waals surface area contributed by atoms with E-state index in [-0.39, 0.29) is 0 Å². The second-order valence-electron chi connectivity index (χ2n) is 4.28. The van der Waals surface area contributed by atoms with Crippen LogP contribution in [0.4, 0.5) is 0 Å². The number of carboxylic acids is 1. The second-order valence-corrected chi connectivity index (χ2v) is 4.28. The van der Waals surface area contributed by atoms with Crippen molar-refractivity contribution in [3.8, 4) is 0 Å². The highest BCUT2D eigenvalue weighted by Gasteiger charge is 2.29. The van der Waals surface area contributed by atoms with Crippen molar-refractivity contribution in [3.05, 3.63) is 17.2 Å². The summed E-state index contributed by atoms with van der Waals surface area (Å²) in [5.41, 5.74) is 1.73. The van der Waals surface area contributed by atoms with Gasteiger partial charge < -0.3 is 14.8 Å². The lowest BCUT2D eigenvalue weighted by Crippen LogP contribution is -2.17. The zero-order valence-corrected chi connectivity index (χ0v) is 10.0. The highest BCUT2D eigenvalue weighted by atomic mass is 16.5. The zero-order chi connectivity index (χ0) is 12.3. The minimum Gasteiger partial charge on any atom is -0.481 e. The molecule has 5 heteroatoms. The van der Waals surface area contributed by atoms with Crippen molar-refractivity contribution in [3.63, 3.8) is 0 Å². The number of aromatic nitrogens is 2. The molecule has 2 rings (SSSR count). The van der Waals surface area contributed by atoms with E-state index in [0.29, 0.717) is 26.1 Å². The normalized spacial score (nSPS) is 19.0. The van der Waals surface area contributed by atoms with E-state index >= 15 is 0 Å². The maximum atomic E-state index is 11.1. The van der Waals surface area contributed by atoms with E-state index in [1.807, 2.05) is 6.92 Å². The van der Waals surface area contributed by atoms with E-state index in [0.717, 1.165) is 30.1 Å². The molecule has 17 heavy (non-hydrogen) atoms. The van der Waals surface area contributed by atoms with Crippen LogP contribution in [0.25, 0.3) is 0 Å². The van der Waals surface area contributed by atoms with Gasteiger partial charge in [0, 0.05) is 18.7 Å². The molecular weight excluding hydrogens is 220 g/mol. The van der Waals surface area contributed by atoms with Crippen LogP contribution in [-0.2, 0) is 22.4 Å². The number of carbonyl (C=O) groups is 1. The van der Waals surface area contributed by atoms with Gasteiger partial charge in [0.2, 0.25) is 0 Å². The summed E-state index contributed by atoms with van der Waals surface area (Å²) in [5.74, 6) is -0.360. The summed E-state index contributed by atoms with van der Waals surface area (Å²) in [5, 5.41) is 9.13. The highest BCUT2D eigenvalue weighted by molar-refractivity contribution is 5.76. The number of ether oxygens (including phenoxy) is 1. The van der Waals surface area contributed by atoms with Crippen LogP contribution in [0, 0.1) is 0 Å². The smallest absolute Gasteiger partial charge is 0.312 e. The Morgan fingerprint density at radius 2 is 2.47 bits per heavy atom. The number of hydrogen-bond acceptors (Lipinski definition) is 3. The van der Waals surface area contributed by atoms with Crippen LogP contribution < -0.4 is 0 Å². The fraction of sp³-hybridized carbons (Fsp3) is 0.667. The minimum atomic E-state index is -0.770. The molecule has 1 aliphatic rings. The van der Waals surface area contributed by atoms with Crippen molar-refractivity contribution >= 4 is 5.97 Å². The first kappa shape index (κ1) is 12.1. The molecule has 0 saturated heterocycles. The quantitative estimate of drug-likeness (QED) is 0.762. The molecule has 1 aromatic rings. The van der Waals surface area contributed by atoms with E-state index in [4.69, 9.17) is 9.84 Å². The molecule has 0 spiro atoms. The van der Waals surface area contributed by atoms with Crippen molar-refractivity contribution in [2.24, 2.45) is 0 Å². The van der Waals surface area contributed by atoms with Gasteiger partial charge in [-0.3, -0.25) is 4.79 Å². The highest BCUT2D eigenvalue weighted by Crippen LogP contribution is 2.30. The van der Waals surface area contributed by atoms with Crippen molar-refractivity contribution in [2.45, 2.75) is 38.5 Å². The number of rotatable bonds is 5. The van der Waals surface area contributed by atoms with Crippen molar-refractivity contribution < 1.29 is 14.6 Å². The summed E-state index contributed by atoms with van der Waals surface area (Å²) < 4.78 is 5.27. The number of imidazole rings is 1. The molecule has 0 aliphatic heterocycles. The van der Waals surface area contributed by atoms with Gasteiger partial charge in [0.05, 0.1) is 12.3 Å². The van der Waals surface area contributed by atoms with Crippen LogP contribution in [0.2, 0.25) is 0 Å². The van der Waals surface area contributed by atoms with E-state index in [9.17, 15) is 4.79 Å². The molecule has 1 heterocycles. The van der Waals surface area contributed by atoms with Crippen LogP contribution in [0.5, 0.6) is 0 Å². The zero-order valence-electron chi connectivity index (χ0n) is 10.0. The predicted octanol–water partition coefficient (Wildman–Crippen LogP) is 1.49. The van der Waals surface area contributed by atoms with Gasteiger partial charge in [0.25, 0.3) is 0 Å². The van der Waals surface area contributed by atoms with Gasteiger partial charge in [0.15, 0.2) is 0 Å². The molecule has 0 bridgehead atoms. The number of hydrogen-bond donors (Lipinski definition) is 2. The number of carboxylic acid groups (broad SMARTS) is 1. The Kier molecular flexibility index (Phi) is 3.78. The Labute approximate surface area is 100 Å².